The molecule has 0 radical (unpaired) electrons. The van der Waals surface area contributed by atoms with Crippen molar-refractivity contribution in [1.82, 2.24) is 10.2 Å². The van der Waals surface area contributed by atoms with Gasteiger partial charge in [0, 0.05) is 24.7 Å². The Morgan fingerprint density at radius 3 is 2.29 bits per heavy atom. The Labute approximate surface area is 236 Å². The molecule has 0 unspecified atom stereocenters. The van der Waals surface area contributed by atoms with Gasteiger partial charge in [0.1, 0.15) is 18.1 Å². The molecule has 3 aromatic rings. The number of nitrogens with one attached hydrogen (secondary N) is 1. The predicted octanol–water partition coefficient (Wildman–Crippen LogP) is 5.63. The van der Waals surface area contributed by atoms with Crippen molar-refractivity contribution in [1.29, 1.82) is 0 Å². The van der Waals surface area contributed by atoms with E-state index >= 15 is 0 Å². The third kappa shape index (κ3) is 7.91. The van der Waals surface area contributed by atoms with Crippen LogP contribution in [0.2, 0.25) is 0 Å². The smallest absolute Gasteiger partial charge is 0.496 e. The number of esters is 1. The Morgan fingerprint density at radius 2 is 1.66 bits per heavy atom. The molecule has 0 aliphatic carbocycles. The first-order valence-corrected chi connectivity index (χ1v) is 12.9. The lowest BCUT2D eigenvalue weighted by atomic mass is 9.84. The SMILES string of the molecule is COC(=O)[C@H]1C[C@@H](NCc2cc(OC(F)(F)F)ccc2OC)[C@H](c2ccccc2)N(C(=O)OCc2ccccc2)C1. The second-order valence-corrected chi connectivity index (χ2v) is 9.51. The van der Waals surface area contributed by atoms with Crippen LogP contribution < -0.4 is 14.8 Å². The van der Waals surface area contributed by atoms with E-state index in [9.17, 15) is 22.8 Å². The number of benzene rings is 3. The third-order valence-corrected chi connectivity index (χ3v) is 6.83. The number of piperidine rings is 1. The molecule has 8 nitrogen and oxygen atoms in total. The van der Waals surface area contributed by atoms with Gasteiger partial charge in [0.25, 0.3) is 0 Å². The molecule has 1 amide bonds. The number of hydrogen-bond acceptors (Lipinski definition) is 7. The number of likely N-dealkylation sites (tertiary alicyclic amines) is 1. The second-order valence-electron chi connectivity index (χ2n) is 9.51. The van der Waals surface area contributed by atoms with Crippen LogP contribution in [0, 0.1) is 5.92 Å². The molecule has 3 atom stereocenters. The number of hydrogen-bond donors (Lipinski definition) is 1. The number of amides is 1. The zero-order chi connectivity index (χ0) is 29.4. The Morgan fingerprint density at radius 1 is 0.976 bits per heavy atom. The van der Waals surface area contributed by atoms with Crippen LogP contribution in [-0.4, -0.2) is 50.1 Å². The van der Waals surface area contributed by atoms with Crippen molar-refractivity contribution < 1.29 is 41.7 Å². The Balaban J connectivity index is 1.63. The normalized spacial score (nSPS) is 18.9. The number of nitrogens with zero attached hydrogens (tertiary/aromatic N) is 1. The summed E-state index contributed by atoms with van der Waals surface area (Å²) in [4.78, 5) is 27.7. The maximum atomic E-state index is 13.5. The van der Waals surface area contributed by atoms with Crippen molar-refractivity contribution in [2.24, 2.45) is 5.92 Å². The predicted molar refractivity (Wildman–Crippen MR) is 143 cm³/mol. The van der Waals surface area contributed by atoms with Crippen LogP contribution in [-0.2, 0) is 27.4 Å². The van der Waals surface area contributed by atoms with Crippen molar-refractivity contribution in [2.75, 3.05) is 20.8 Å². The molecule has 1 saturated heterocycles. The topological polar surface area (TPSA) is 86.3 Å². The van der Waals surface area contributed by atoms with Gasteiger partial charge in [0.2, 0.25) is 0 Å². The lowest BCUT2D eigenvalue weighted by Gasteiger charge is -2.44. The molecule has 4 rings (SSSR count). The van der Waals surface area contributed by atoms with Crippen molar-refractivity contribution in [2.45, 2.75) is 38.0 Å². The van der Waals surface area contributed by atoms with E-state index in [-0.39, 0.29) is 19.7 Å². The van der Waals surface area contributed by atoms with Gasteiger partial charge in [-0.05, 0) is 35.7 Å². The van der Waals surface area contributed by atoms with E-state index in [1.807, 2.05) is 60.7 Å². The van der Waals surface area contributed by atoms with Gasteiger partial charge in [-0.3, -0.25) is 9.69 Å². The van der Waals surface area contributed by atoms with Crippen LogP contribution in [0.1, 0.15) is 29.2 Å². The van der Waals surface area contributed by atoms with E-state index in [2.05, 4.69) is 10.1 Å². The standard InChI is InChI=1S/C30H31F3N2O6/c1-38-26-14-13-24(41-30(31,32)33)15-22(26)17-34-25-16-23(28(36)39-2)18-35(27(25)21-11-7-4-8-12-21)29(37)40-19-20-9-5-3-6-10-20/h3-15,23,25,27,34H,16-19H2,1-2H3/t23-,25+,27-/m0/s1. The average molecular weight is 573 g/mol. The number of ether oxygens (including phenoxy) is 4. The maximum Gasteiger partial charge on any atom is 0.573 e. The highest BCUT2D eigenvalue weighted by Crippen LogP contribution is 2.36. The zero-order valence-corrected chi connectivity index (χ0v) is 22.6. The van der Waals surface area contributed by atoms with Gasteiger partial charge in [-0.15, -0.1) is 13.2 Å². The summed E-state index contributed by atoms with van der Waals surface area (Å²) in [5.74, 6) is -1.19. The minimum absolute atomic E-state index is 0.0435. The van der Waals surface area contributed by atoms with E-state index in [1.165, 1.54) is 37.3 Å². The second kappa shape index (κ2) is 13.4. The minimum atomic E-state index is -4.85. The third-order valence-electron chi connectivity index (χ3n) is 6.83. The summed E-state index contributed by atoms with van der Waals surface area (Å²) in [6.45, 7) is 0.172. The van der Waals surface area contributed by atoms with Crippen LogP contribution in [0.15, 0.2) is 78.9 Å². The van der Waals surface area contributed by atoms with Crippen LogP contribution in [0.4, 0.5) is 18.0 Å². The fraction of sp³-hybridized carbons (Fsp3) is 0.333. The van der Waals surface area contributed by atoms with Crippen LogP contribution >= 0.6 is 0 Å². The summed E-state index contributed by atoms with van der Waals surface area (Å²) >= 11 is 0. The summed E-state index contributed by atoms with van der Waals surface area (Å²) < 4.78 is 58.7. The molecule has 1 aliphatic heterocycles. The van der Waals surface area contributed by atoms with E-state index in [1.54, 1.807) is 0 Å². The average Bonchev–Trinajstić information content (AvgIpc) is 2.98. The maximum absolute atomic E-state index is 13.5. The van der Waals surface area contributed by atoms with Crippen LogP contribution in [0.3, 0.4) is 0 Å². The molecule has 0 saturated carbocycles. The first kappa shape index (κ1) is 29.7. The molecule has 0 aromatic heterocycles. The molecule has 3 aromatic carbocycles. The fourth-order valence-corrected chi connectivity index (χ4v) is 4.99. The highest BCUT2D eigenvalue weighted by Gasteiger charge is 2.43. The van der Waals surface area contributed by atoms with Gasteiger partial charge in [0.05, 0.1) is 26.2 Å². The molecule has 41 heavy (non-hydrogen) atoms. The lowest BCUT2D eigenvalue weighted by molar-refractivity contribution is -0.274. The van der Waals surface area contributed by atoms with E-state index < -0.39 is 42.2 Å². The molecular formula is C30H31F3N2O6. The first-order valence-electron chi connectivity index (χ1n) is 12.9. The molecular weight excluding hydrogens is 541 g/mol. The van der Waals surface area contributed by atoms with Crippen molar-refractivity contribution >= 4 is 12.1 Å². The quantitative estimate of drug-likeness (QED) is 0.333. The molecule has 218 valence electrons. The first-order chi connectivity index (χ1) is 19.7. The largest absolute Gasteiger partial charge is 0.573 e. The minimum Gasteiger partial charge on any atom is -0.496 e. The summed E-state index contributed by atoms with van der Waals surface area (Å²) in [5, 5.41) is 3.34. The van der Waals surface area contributed by atoms with Gasteiger partial charge in [-0.25, -0.2) is 4.79 Å². The molecule has 0 bridgehead atoms. The number of carbonyl (C=O) groups is 2. The van der Waals surface area contributed by atoms with E-state index in [0.29, 0.717) is 17.7 Å². The summed E-state index contributed by atoms with van der Waals surface area (Å²) in [6, 6.07) is 21.2. The van der Waals surface area contributed by atoms with Gasteiger partial charge in [-0.2, -0.15) is 0 Å². The molecule has 0 spiro atoms. The van der Waals surface area contributed by atoms with Crippen molar-refractivity contribution in [3.8, 4) is 11.5 Å². The van der Waals surface area contributed by atoms with Crippen LogP contribution in [0.25, 0.3) is 0 Å². The number of alkyl halides is 3. The van der Waals surface area contributed by atoms with Gasteiger partial charge in [-0.1, -0.05) is 60.7 Å². The molecule has 1 aliphatic rings. The molecule has 1 fully saturated rings. The molecule has 11 heteroatoms. The molecule has 1 N–H and O–H groups in total. The summed E-state index contributed by atoms with van der Waals surface area (Å²) in [5.41, 5.74) is 2.01. The van der Waals surface area contributed by atoms with Crippen LogP contribution in [0.5, 0.6) is 11.5 Å². The Hall–Kier alpha value is -4.25. The van der Waals surface area contributed by atoms with Gasteiger partial charge < -0.3 is 24.3 Å². The summed E-state index contributed by atoms with van der Waals surface area (Å²) in [6.07, 6.45) is -5.16. The van der Waals surface area contributed by atoms with Gasteiger partial charge in [0.15, 0.2) is 0 Å². The highest BCUT2D eigenvalue weighted by atomic mass is 19.4. The van der Waals surface area contributed by atoms with Crippen molar-refractivity contribution in [3.63, 3.8) is 0 Å². The Bertz CT molecular complexity index is 1310. The number of methoxy groups -OCH3 is 2. The van der Waals surface area contributed by atoms with E-state index in [0.717, 1.165) is 11.1 Å². The number of halogens is 3. The highest BCUT2D eigenvalue weighted by molar-refractivity contribution is 5.75. The zero-order valence-electron chi connectivity index (χ0n) is 22.6. The number of rotatable bonds is 9. The number of carbonyl (C=O) groups excluding carboxylic acids is 2. The summed E-state index contributed by atoms with van der Waals surface area (Å²) in [7, 11) is 2.69. The molecule has 1 heterocycles. The monoisotopic (exact) mass is 572 g/mol. The Kier molecular flexibility index (Phi) is 9.72. The van der Waals surface area contributed by atoms with Crippen molar-refractivity contribution in [3.05, 3.63) is 95.6 Å². The van der Waals surface area contributed by atoms with E-state index in [4.69, 9.17) is 14.2 Å². The fourth-order valence-electron chi connectivity index (χ4n) is 4.99. The lowest BCUT2D eigenvalue weighted by Crippen LogP contribution is -2.54. The van der Waals surface area contributed by atoms with Gasteiger partial charge >= 0.3 is 18.4 Å².